The van der Waals surface area contributed by atoms with Crippen molar-refractivity contribution in [1.82, 2.24) is 15.5 Å². The van der Waals surface area contributed by atoms with E-state index in [1.807, 2.05) is 76.2 Å². The zero-order valence-electron chi connectivity index (χ0n) is 24.9. The molecule has 40 heavy (non-hydrogen) atoms. The number of nitrogens with zero attached hydrogens (tertiary/aromatic N) is 1. The van der Waals surface area contributed by atoms with Crippen molar-refractivity contribution in [3.05, 3.63) is 70.8 Å². The van der Waals surface area contributed by atoms with Crippen LogP contribution < -0.4 is 10.6 Å². The Morgan fingerprint density at radius 1 is 0.950 bits per heavy atom. The van der Waals surface area contributed by atoms with Crippen LogP contribution in [0.2, 0.25) is 0 Å². The number of hydrogen-bond donors (Lipinski definition) is 2. The first-order valence-corrected chi connectivity index (χ1v) is 13.5. The second-order valence-electron chi connectivity index (χ2n) is 10.9. The monoisotopic (exact) mass is 553 g/mol. The van der Waals surface area contributed by atoms with Gasteiger partial charge in [0.05, 0.1) is 7.11 Å². The van der Waals surface area contributed by atoms with E-state index in [4.69, 9.17) is 9.47 Å². The molecule has 3 atom stereocenters. The van der Waals surface area contributed by atoms with Crippen LogP contribution in [0.15, 0.2) is 48.5 Å². The molecule has 0 bridgehead atoms. The Labute approximate surface area is 237 Å². The zero-order chi connectivity index (χ0) is 30.0. The maximum Gasteiger partial charge on any atom is 0.408 e. The maximum atomic E-state index is 14.5. The Morgan fingerprint density at radius 3 is 2.08 bits per heavy atom. The summed E-state index contributed by atoms with van der Waals surface area (Å²) in [6.45, 7) is 12.4. The van der Waals surface area contributed by atoms with E-state index in [0.717, 1.165) is 16.7 Å². The predicted octanol–water partition coefficient (Wildman–Crippen LogP) is 4.40. The summed E-state index contributed by atoms with van der Waals surface area (Å²) in [5, 5.41) is 5.40. The SMILES string of the molecule is CCC(C)N(C(=O)C(Cc1ccccc1)NC(=O)OC(C)(C)C)C(C(=O)NCC(=O)OC)c1c(C)cccc1C. The Bertz CT molecular complexity index is 1160. The van der Waals surface area contributed by atoms with Gasteiger partial charge >= 0.3 is 12.1 Å². The van der Waals surface area contributed by atoms with Gasteiger partial charge in [-0.3, -0.25) is 14.4 Å². The van der Waals surface area contributed by atoms with E-state index in [0.29, 0.717) is 12.0 Å². The molecule has 9 nitrogen and oxygen atoms in total. The Morgan fingerprint density at radius 2 is 1.55 bits per heavy atom. The van der Waals surface area contributed by atoms with E-state index < -0.39 is 41.6 Å². The van der Waals surface area contributed by atoms with Gasteiger partial charge in [-0.1, -0.05) is 55.5 Å². The van der Waals surface area contributed by atoms with Crippen LogP contribution in [-0.2, 0) is 30.3 Å². The van der Waals surface area contributed by atoms with Crippen molar-refractivity contribution in [2.24, 2.45) is 0 Å². The lowest BCUT2D eigenvalue weighted by Crippen LogP contribution is -2.56. The molecule has 218 valence electrons. The second-order valence-corrected chi connectivity index (χ2v) is 10.9. The number of benzene rings is 2. The van der Waals surface area contributed by atoms with Gasteiger partial charge < -0.3 is 25.0 Å². The van der Waals surface area contributed by atoms with Crippen LogP contribution in [0.25, 0.3) is 0 Å². The Hall–Kier alpha value is -3.88. The first-order chi connectivity index (χ1) is 18.8. The molecule has 2 aromatic rings. The predicted molar refractivity (Wildman–Crippen MR) is 154 cm³/mol. The van der Waals surface area contributed by atoms with Crippen LogP contribution in [0.3, 0.4) is 0 Å². The standard InChI is InChI=1S/C31H43N3O6/c1-9-22(4)34(27(28(36)32-19-25(35)39-8)26-20(2)14-13-15-21(26)3)29(37)24(18-23-16-11-10-12-17-23)33-30(38)40-31(5,6)7/h10-17,22,24,27H,9,18-19H2,1-8H3,(H,32,36)(H,33,38). The number of hydrogen-bond acceptors (Lipinski definition) is 6. The summed E-state index contributed by atoms with van der Waals surface area (Å²) >= 11 is 0. The van der Waals surface area contributed by atoms with Crippen LogP contribution >= 0.6 is 0 Å². The highest BCUT2D eigenvalue weighted by Crippen LogP contribution is 2.31. The summed E-state index contributed by atoms with van der Waals surface area (Å²) < 4.78 is 10.2. The lowest BCUT2D eigenvalue weighted by molar-refractivity contribution is -0.146. The van der Waals surface area contributed by atoms with Crippen molar-refractivity contribution < 1.29 is 28.7 Å². The summed E-state index contributed by atoms with van der Waals surface area (Å²) in [6, 6.07) is 12.5. The van der Waals surface area contributed by atoms with E-state index in [1.165, 1.54) is 12.0 Å². The molecule has 2 rings (SSSR count). The highest BCUT2D eigenvalue weighted by molar-refractivity contribution is 5.94. The number of alkyl carbamates (subject to hydrolysis) is 1. The first-order valence-electron chi connectivity index (χ1n) is 13.5. The van der Waals surface area contributed by atoms with Crippen molar-refractivity contribution in [2.75, 3.05) is 13.7 Å². The number of amides is 3. The van der Waals surface area contributed by atoms with E-state index in [1.54, 1.807) is 20.8 Å². The van der Waals surface area contributed by atoms with Gasteiger partial charge in [0.15, 0.2) is 0 Å². The quantitative estimate of drug-likeness (QED) is 0.399. The van der Waals surface area contributed by atoms with Crippen molar-refractivity contribution in [3.8, 4) is 0 Å². The van der Waals surface area contributed by atoms with Gasteiger partial charge in [0.1, 0.15) is 24.2 Å². The van der Waals surface area contributed by atoms with Crippen LogP contribution in [0.5, 0.6) is 0 Å². The number of esters is 1. The van der Waals surface area contributed by atoms with Crippen molar-refractivity contribution >= 4 is 23.9 Å². The van der Waals surface area contributed by atoms with E-state index in [-0.39, 0.29) is 19.0 Å². The topological polar surface area (TPSA) is 114 Å². The fourth-order valence-corrected chi connectivity index (χ4v) is 4.46. The molecule has 2 N–H and O–H groups in total. The van der Waals surface area contributed by atoms with Gasteiger partial charge in [0.25, 0.3) is 0 Å². The first kappa shape index (κ1) is 32.3. The summed E-state index contributed by atoms with van der Waals surface area (Å²) in [5.74, 6) is -1.57. The summed E-state index contributed by atoms with van der Waals surface area (Å²) in [7, 11) is 1.24. The number of methoxy groups -OCH3 is 1. The number of ether oxygens (including phenoxy) is 2. The summed E-state index contributed by atoms with van der Waals surface area (Å²) in [6.07, 6.45) is 0.00138. The largest absolute Gasteiger partial charge is 0.468 e. The normalized spacial score (nSPS) is 13.4. The minimum atomic E-state index is -1.06. The molecular weight excluding hydrogens is 510 g/mol. The molecule has 3 unspecified atom stereocenters. The van der Waals surface area contributed by atoms with Gasteiger partial charge in [0, 0.05) is 12.5 Å². The smallest absolute Gasteiger partial charge is 0.408 e. The average molecular weight is 554 g/mol. The van der Waals surface area contributed by atoms with Crippen LogP contribution in [0.1, 0.15) is 69.3 Å². The van der Waals surface area contributed by atoms with E-state index in [9.17, 15) is 19.2 Å². The van der Waals surface area contributed by atoms with Crippen LogP contribution in [-0.4, -0.2) is 60.1 Å². The number of carbonyl (C=O) groups is 4. The van der Waals surface area contributed by atoms with Crippen molar-refractivity contribution in [1.29, 1.82) is 0 Å². The minimum absolute atomic E-state index is 0.190. The molecule has 0 saturated heterocycles. The third-order valence-corrected chi connectivity index (χ3v) is 6.57. The molecule has 3 amide bonds. The highest BCUT2D eigenvalue weighted by Gasteiger charge is 2.39. The van der Waals surface area contributed by atoms with Gasteiger partial charge in [-0.15, -0.1) is 0 Å². The van der Waals surface area contributed by atoms with E-state index >= 15 is 0 Å². The highest BCUT2D eigenvalue weighted by atomic mass is 16.6. The van der Waals surface area contributed by atoms with Gasteiger partial charge in [0.2, 0.25) is 11.8 Å². The van der Waals surface area contributed by atoms with Crippen LogP contribution in [0, 0.1) is 13.8 Å². The fourth-order valence-electron chi connectivity index (χ4n) is 4.46. The molecule has 0 heterocycles. The number of aryl methyl sites for hydroxylation is 2. The molecule has 0 aliphatic heterocycles. The lowest BCUT2D eigenvalue weighted by atomic mass is 9.92. The van der Waals surface area contributed by atoms with Crippen molar-refractivity contribution in [2.45, 2.75) is 85.0 Å². The molecule has 0 fully saturated rings. The molecule has 0 aliphatic carbocycles. The third-order valence-electron chi connectivity index (χ3n) is 6.57. The minimum Gasteiger partial charge on any atom is -0.468 e. The molecule has 0 radical (unpaired) electrons. The van der Waals surface area contributed by atoms with Crippen molar-refractivity contribution in [3.63, 3.8) is 0 Å². The van der Waals surface area contributed by atoms with E-state index in [2.05, 4.69) is 10.6 Å². The van der Waals surface area contributed by atoms with Gasteiger partial charge in [-0.05, 0) is 70.2 Å². The number of carbonyl (C=O) groups excluding carboxylic acids is 4. The molecule has 0 saturated carbocycles. The summed E-state index contributed by atoms with van der Waals surface area (Å²) in [4.78, 5) is 54.5. The van der Waals surface area contributed by atoms with Crippen LogP contribution in [0.4, 0.5) is 4.79 Å². The summed E-state index contributed by atoms with van der Waals surface area (Å²) in [5.41, 5.74) is 2.36. The molecule has 0 spiro atoms. The maximum absolute atomic E-state index is 14.5. The fraction of sp³-hybridized carbons (Fsp3) is 0.484. The van der Waals surface area contributed by atoms with Gasteiger partial charge in [-0.2, -0.15) is 0 Å². The number of nitrogens with one attached hydrogen (secondary N) is 2. The second kappa shape index (κ2) is 14.5. The average Bonchev–Trinajstić information content (AvgIpc) is 2.89. The third kappa shape index (κ3) is 9.10. The molecule has 9 heteroatoms. The molecule has 0 aromatic heterocycles. The van der Waals surface area contributed by atoms with Gasteiger partial charge in [-0.25, -0.2) is 4.79 Å². The lowest BCUT2D eigenvalue weighted by Gasteiger charge is -2.39. The Balaban J connectivity index is 2.64. The Kier molecular flexibility index (Phi) is 11.7. The zero-order valence-corrected chi connectivity index (χ0v) is 24.9. The number of rotatable bonds is 11. The molecule has 0 aliphatic rings. The molecular formula is C31H43N3O6. The molecule has 2 aromatic carbocycles.